The predicted molar refractivity (Wildman–Crippen MR) is 152 cm³/mol. The minimum atomic E-state index is -0.344. The summed E-state index contributed by atoms with van der Waals surface area (Å²) in [6.45, 7) is 8.20. The van der Waals surface area contributed by atoms with Gasteiger partial charge >= 0.3 is 0 Å². The lowest BCUT2D eigenvalue weighted by atomic mass is 10.1. The molecule has 0 unspecified atom stereocenters. The average molecular weight is 541 g/mol. The summed E-state index contributed by atoms with van der Waals surface area (Å²) >= 11 is 6.18. The van der Waals surface area contributed by atoms with Crippen molar-refractivity contribution in [3.8, 4) is 11.3 Å². The van der Waals surface area contributed by atoms with Gasteiger partial charge in [-0.15, -0.1) is 0 Å². The van der Waals surface area contributed by atoms with Crippen molar-refractivity contribution in [3.05, 3.63) is 112 Å². The van der Waals surface area contributed by atoms with Crippen LogP contribution in [-0.4, -0.2) is 62.7 Å². The Kier molecular flexibility index (Phi) is 6.85. The van der Waals surface area contributed by atoms with Crippen LogP contribution in [0.4, 0.5) is 4.39 Å². The summed E-state index contributed by atoms with van der Waals surface area (Å²) in [4.78, 5) is 22.2. The molecule has 3 aromatic carbocycles. The molecular formula is C31H28ClFN5O+. The number of hydrogen-bond acceptors (Lipinski definition) is 3. The van der Waals surface area contributed by atoms with E-state index in [1.54, 1.807) is 12.1 Å². The monoisotopic (exact) mass is 540 g/mol. The molecule has 6 rings (SSSR count). The number of benzene rings is 3. The van der Waals surface area contributed by atoms with Crippen LogP contribution in [0.2, 0.25) is 5.02 Å². The minimum Gasteiger partial charge on any atom is -0.336 e. The molecule has 1 amide bonds. The molecule has 2 aliphatic rings. The highest BCUT2D eigenvalue weighted by atomic mass is 35.5. The van der Waals surface area contributed by atoms with E-state index in [4.69, 9.17) is 16.6 Å². The maximum Gasteiger partial charge on any atom is 0.253 e. The lowest BCUT2D eigenvalue weighted by Gasteiger charge is -2.35. The van der Waals surface area contributed by atoms with E-state index in [0.717, 1.165) is 47.1 Å². The number of carbonyl (C=O) groups excluding carboxylic acids is 1. The standard InChI is InChI=1S/C31H28ClFN5O/c1-35-21-29-34-30(23-7-11-25(32)12-8-23)28(38(29)20-27(35)22-5-3-2-4-6-22)19-36-15-17-37(18-16-36)31(39)24-9-13-26(33)14-10-24/h2-14,20H,1,15-19,21H2/q+1. The number of rotatable bonds is 5. The van der Waals surface area contributed by atoms with Crippen LogP contribution >= 0.6 is 11.6 Å². The van der Waals surface area contributed by atoms with Crippen LogP contribution in [0.5, 0.6) is 0 Å². The van der Waals surface area contributed by atoms with Crippen molar-refractivity contribution in [2.24, 2.45) is 0 Å². The number of amides is 1. The molecule has 6 nitrogen and oxygen atoms in total. The largest absolute Gasteiger partial charge is 0.336 e. The number of fused-ring (bicyclic) bond motifs is 1. The molecule has 1 saturated heterocycles. The number of aromatic nitrogens is 2. The molecule has 0 spiro atoms. The van der Waals surface area contributed by atoms with Crippen LogP contribution in [0, 0.1) is 5.82 Å². The second-order valence-electron chi connectivity index (χ2n) is 9.85. The van der Waals surface area contributed by atoms with Gasteiger partial charge in [-0.1, -0.05) is 41.9 Å². The van der Waals surface area contributed by atoms with Gasteiger partial charge < -0.3 is 4.90 Å². The molecule has 8 heteroatoms. The Morgan fingerprint density at radius 2 is 1.62 bits per heavy atom. The van der Waals surface area contributed by atoms with Gasteiger partial charge in [-0.25, -0.2) is 9.37 Å². The Labute approximate surface area is 231 Å². The lowest BCUT2D eigenvalue weighted by Crippen LogP contribution is -2.48. The highest BCUT2D eigenvalue weighted by Crippen LogP contribution is 2.32. The maximum absolute atomic E-state index is 13.3. The molecule has 0 saturated carbocycles. The first-order valence-corrected chi connectivity index (χ1v) is 13.3. The van der Waals surface area contributed by atoms with Gasteiger partial charge in [0, 0.05) is 54.4 Å². The van der Waals surface area contributed by atoms with Crippen molar-refractivity contribution in [2.45, 2.75) is 13.1 Å². The van der Waals surface area contributed by atoms with Gasteiger partial charge in [0.05, 0.1) is 17.6 Å². The first kappa shape index (κ1) is 25.2. The van der Waals surface area contributed by atoms with E-state index in [9.17, 15) is 9.18 Å². The van der Waals surface area contributed by atoms with Gasteiger partial charge in [0.15, 0.2) is 5.82 Å². The second kappa shape index (κ2) is 10.6. The van der Waals surface area contributed by atoms with E-state index >= 15 is 0 Å². The Balaban J connectivity index is 1.29. The highest BCUT2D eigenvalue weighted by Gasteiger charge is 2.30. The third-order valence-corrected chi connectivity index (χ3v) is 7.57. The zero-order valence-corrected chi connectivity index (χ0v) is 22.2. The van der Waals surface area contributed by atoms with E-state index in [-0.39, 0.29) is 11.7 Å². The zero-order chi connectivity index (χ0) is 26.9. The number of imidazole rings is 1. The Morgan fingerprint density at radius 3 is 2.31 bits per heavy atom. The summed E-state index contributed by atoms with van der Waals surface area (Å²) in [6, 6.07) is 23.8. The molecule has 196 valence electrons. The molecule has 0 radical (unpaired) electrons. The Morgan fingerprint density at radius 1 is 0.923 bits per heavy atom. The van der Waals surface area contributed by atoms with Crippen LogP contribution in [0.15, 0.2) is 78.9 Å². The summed E-state index contributed by atoms with van der Waals surface area (Å²) in [6.07, 6.45) is 2.12. The van der Waals surface area contributed by atoms with Gasteiger partial charge in [-0.05, 0) is 48.5 Å². The normalized spacial score (nSPS) is 15.7. The molecular weight excluding hydrogens is 513 g/mol. The summed E-state index contributed by atoms with van der Waals surface area (Å²) in [5.74, 6) is 0.516. The number of carbonyl (C=O) groups is 1. The van der Waals surface area contributed by atoms with Crippen LogP contribution in [-0.2, 0) is 13.1 Å². The first-order chi connectivity index (χ1) is 19.0. The molecule has 3 heterocycles. The topological polar surface area (TPSA) is 44.4 Å². The van der Waals surface area contributed by atoms with Crippen molar-refractivity contribution >= 4 is 36.1 Å². The van der Waals surface area contributed by atoms with Crippen molar-refractivity contribution in [1.82, 2.24) is 19.4 Å². The van der Waals surface area contributed by atoms with Gasteiger partial charge in [-0.2, -0.15) is 4.58 Å². The Bertz CT molecular complexity index is 1550. The van der Waals surface area contributed by atoms with E-state index < -0.39 is 0 Å². The number of hydrogen-bond donors (Lipinski definition) is 0. The molecule has 0 bridgehead atoms. The van der Waals surface area contributed by atoms with Crippen molar-refractivity contribution in [1.29, 1.82) is 0 Å². The van der Waals surface area contributed by atoms with Crippen LogP contribution in [0.25, 0.3) is 23.2 Å². The fourth-order valence-corrected chi connectivity index (χ4v) is 5.32. The first-order valence-electron chi connectivity index (χ1n) is 12.9. The molecule has 39 heavy (non-hydrogen) atoms. The quantitative estimate of drug-likeness (QED) is 0.315. The zero-order valence-electron chi connectivity index (χ0n) is 21.4. The lowest BCUT2D eigenvalue weighted by molar-refractivity contribution is -0.443. The van der Waals surface area contributed by atoms with Crippen molar-refractivity contribution in [2.75, 3.05) is 26.2 Å². The number of piperazine rings is 1. The van der Waals surface area contributed by atoms with Gasteiger partial charge in [0.1, 0.15) is 12.5 Å². The Hall–Kier alpha value is -4.07. The third kappa shape index (κ3) is 5.15. The van der Waals surface area contributed by atoms with E-state index in [0.29, 0.717) is 36.8 Å². The number of halogens is 2. The molecule has 4 aromatic rings. The smallest absolute Gasteiger partial charge is 0.253 e. The fourth-order valence-electron chi connectivity index (χ4n) is 5.19. The molecule has 1 fully saturated rings. The summed E-state index contributed by atoms with van der Waals surface area (Å²) < 4.78 is 17.5. The average Bonchev–Trinajstić information content (AvgIpc) is 3.30. The summed E-state index contributed by atoms with van der Waals surface area (Å²) in [5.41, 5.74) is 5.65. The summed E-state index contributed by atoms with van der Waals surface area (Å²) in [5, 5.41) is 0.682. The molecule has 0 N–H and O–H groups in total. The number of nitrogens with zero attached hydrogens (tertiary/aromatic N) is 5. The van der Waals surface area contributed by atoms with Crippen LogP contribution in [0.3, 0.4) is 0 Å². The van der Waals surface area contributed by atoms with Gasteiger partial charge in [0.2, 0.25) is 12.2 Å². The van der Waals surface area contributed by atoms with Gasteiger partial charge in [0.25, 0.3) is 5.91 Å². The van der Waals surface area contributed by atoms with Crippen LogP contribution < -0.4 is 0 Å². The van der Waals surface area contributed by atoms with Gasteiger partial charge in [-0.3, -0.25) is 14.3 Å². The highest BCUT2D eigenvalue weighted by molar-refractivity contribution is 6.30. The van der Waals surface area contributed by atoms with E-state index in [2.05, 4.69) is 34.5 Å². The molecule has 0 aliphatic carbocycles. The molecule has 2 aliphatic heterocycles. The van der Waals surface area contributed by atoms with Crippen molar-refractivity contribution in [3.63, 3.8) is 0 Å². The summed E-state index contributed by atoms with van der Waals surface area (Å²) in [7, 11) is 0. The fraction of sp³-hybridized carbons (Fsp3) is 0.194. The second-order valence-corrected chi connectivity index (χ2v) is 10.3. The molecule has 1 aromatic heterocycles. The van der Waals surface area contributed by atoms with Crippen LogP contribution in [0.1, 0.15) is 27.4 Å². The third-order valence-electron chi connectivity index (χ3n) is 7.32. The van der Waals surface area contributed by atoms with E-state index in [1.807, 2.05) is 51.9 Å². The molecule has 0 atom stereocenters. The SMILES string of the molecule is C=[N+]1Cc2nc(-c3ccc(Cl)cc3)c(CN3CCN(C(=O)c4ccc(F)cc4)CC3)n2C=C1c1ccccc1. The maximum atomic E-state index is 13.3. The predicted octanol–water partition coefficient (Wildman–Crippen LogP) is 5.48. The van der Waals surface area contributed by atoms with Crippen molar-refractivity contribution < 1.29 is 13.8 Å². The minimum absolute atomic E-state index is 0.0655. The van der Waals surface area contributed by atoms with E-state index in [1.165, 1.54) is 12.1 Å².